The average Bonchev–Trinajstić information content (AvgIpc) is 2.64. The monoisotopic (exact) mass is 422 g/mol. The number of aryl methyl sites for hydroxylation is 1. The summed E-state index contributed by atoms with van der Waals surface area (Å²) in [5, 5.41) is 8.50. The number of likely N-dealkylation sites (N-methyl/N-ethyl adjacent to an activating group) is 1. The van der Waals surface area contributed by atoms with Gasteiger partial charge in [0, 0.05) is 31.3 Å². The Balaban J connectivity index is 2.88. The summed E-state index contributed by atoms with van der Waals surface area (Å²) < 4.78 is 0.407. The Labute approximate surface area is 163 Å². The van der Waals surface area contributed by atoms with Gasteiger partial charge in [0.05, 0.1) is 4.48 Å². The van der Waals surface area contributed by atoms with Gasteiger partial charge in [-0.2, -0.15) is 0 Å². The molecule has 0 aliphatic rings. The fourth-order valence-electron chi connectivity index (χ4n) is 2.21. The first-order valence-corrected chi connectivity index (χ1v) is 9.20. The second kappa shape index (κ2) is 10.8. The maximum atomic E-state index is 12.6. The highest BCUT2D eigenvalue weighted by molar-refractivity contribution is 9.12. The molecule has 0 aliphatic heterocycles. The molecular formula is C19H27BrN4O2. The molecular weight excluding hydrogens is 396 g/mol. The molecule has 0 saturated carbocycles. The van der Waals surface area contributed by atoms with E-state index in [1.54, 1.807) is 13.1 Å². The molecule has 6 nitrogen and oxygen atoms in total. The zero-order valence-electron chi connectivity index (χ0n) is 15.8. The molecule has 0 aromatic heterocycles. The maximum Gasteiger partial charge on any atom is 0.257 e. The lowest BCUT2D eigenvalue weighted by molar-refractivity contribution is -0.117. The Morgan fingerprint density at radius 1 is 1.23 bits per heavy atom. The number of carbonyl (C=O) groups excluding carboxylic acids is 2. The molecule has 0 saturated heterocycles. The molecule has 0 atom stereocenters. The molecule has 1 rings (SSSR count). The second-order valence-electron chi connectivity index (χ2n) is 5.94. The highest BCUT2D eigenvalue weighted by atomic mass is 79.9. The minimum atomic E-state index is -0.297. The minimum absolute atomic E-state index is 0.234. The number of amides is 2. The van der Waals surface area contributed by atoms with Crippen molar-refractivity contribution in [2.75, 3.05) is 34.2 Å². The highest BCUT2D eigenvalue weighted by Crippen LogP contribution is 2.19. The van der Waals surface area contributed by atoms with Crippen molar-refractivity contribution in [2.45, 2.75) is 13.3 Å². The van der Waals surface area contributed by atoms with Crippen LogP contribution in [-0.2, 0) is 11.2 Å². The number of rotatable bonds is 9. The van der Waals surface area contributed by atoms with Crippen molar-refractivity contribution in [3.8, 4) is 0 Å². The van der Waals surface area contributed by atoms with Crippen molar-refractivity contribution in [3.05, 3.63) is 57.8 Å². The van der Waals surface area contributed by atoms with Gasteiger partial charge in [-0.25, -0.2) is 0 Å². The predicted molar refractivity (Wildman–Crippen MR) is 109 cm³/mol. The van der Waals surface area contributed by atoms with Crippen LogP contribution in [0.1, 0.15) is 22.8 Å². The number of nitrogens with one attached hydrogen (secondary N) is 3. The van der Waals surface area contributed by atoms with E-state index in [9.17, 15) is 9.59 Å². The lowest BCUT2D eigenvalue weighted by atomic mass is 10.0. The Bertz CT molecular complexity index is 699. The molecule has 26 heavy (non-hydrogen) atoms. The standard InChI is InChI=1S/C19H27BrN4O2/c1-6-14-9-7-8-10-15(14)19(26)23-17(21-3)16(20)13(2)18(25)22-11-12-24(4)5/h7-10,21H,2,6,11-12H2,1,3-5H3,(H,22,25)(H,23,26)/b17-16-. The summed E-state index contributed by atoms with van der Waals surface area (Å²) >= 11 is 3.36. The van der Waals surface area contributed by atoms with Crippen molar-refractivity contribution in [2.24, 2.45) is 0 Å². The minimum Gasteiger partial charge on any atom is -0.374 e. The number of halogens is 1. The Morgan fingerprint density at radius 3 is 2.46 bits per heavy atom. The maximum absolute atomic E-state index is 12.6. The number of nitrogens with zero attached hydrogens (tertiary/aromatic N) is 1. The van der Waals surface area contributed by atoms with Gasteiger partial charge in [-0.05, 0) is 48.1 Å². The molecule has 0 aliphatic carbocycles. The fraction of sp³-hybridized carbons (Fsp3) is 0.368. The quantitative estimate of drug-likeness (QED) is 0.420. The predicted octanol–water partition coefficient (Wildman–Crippen LogP) is 2.00. The van der Waals surface area contributed by atoms with Gasteiger partial charge in [0.25, 0.3) is 11.8 Å². The Hall–Kier alpha value is -2.12. The van der Waals surface area contributed by atoms with Gasteiger partial charge in [0.15, 0.2) is 0 Å². The van der Waals surface area contributed by atoms with E-state index in [1.807, 2.05) is 44.1 Å². The van der Waals surface area contributed by atoms with E-state index in [1.165, 1.54) is 0 Å². The summed E-state index contributed by atoms with van der Waals surface area (Å²) in [6.07, 6.45) is 0.754. The van der Waals surface area contributed by atoms with Crippen LogP contribution in [0.4, 0.5) is 0 Å². The third-order valence-corrected chi connectivity index (χ3v) is 4.61. The van der Waals surface area contributed by atoms with Crippen LogP contribution in [-0.4, -0.2) is 50.9 Å². The molecule has 142 valence electrons. The molecule has 1 aromatic carbocycles. The van der Waals surface area contributed by atoms with Crippen LogP contribution in [0.2, 0.25) is 0 Å². The van der Waals surface area contributed by atoms with Crippen molar-refractivity contribution in [1.82, 2.24) is 20.9 Å². The van der Waals surface area contributed by atoms with Gasteiger partial charge in [-0.1, -0.05) is 31.7 Å². The first-order valence-electron chi connectivity index (χ1n) is 8.40. The van der Waals surface area contributed by atoms with Crippen molar-refractivity contribution in [1.29, 1.82) is 0 Å². The van der Waals surface area contributed by atoms with Crippen LogP contribution in [0.5, 0.6) is 0 Å². The lowest BCUT2D eigenvalue weighted by Gasteiger charge is -2.16. The molecule has 2 amide bonds. The summed E-state index contributed by atoms with van der Waals surface area (Å²) in [7, 11) is 5.53. The zero-order chi connectivity index (χ0) is 19.7. The van der Waals surface area contributed by atoms with Gasteiger partial charge < -0.3 is 20.9 Å². The van der Waals surface area contributed by atoms with Gasteiger partial charge in [0.2, 0.25) is 0 Å². The van der Waals surface area contributed by atoms with Crippen LogP contribution >= 0.6 is 15.9 Å². The first-order chi connectivity index (χ1) is 12.3. The molecule has 0 heterocycles. The van der Waals surface area contributed by atoms with E-state index in [-0.39, 0.29) is 17.4 Å². The second-order valence-corrected chi connectivity index (χ2v) is 6.73. The van der Waals surface area contributed by atoms with Crippen LogP contribution in [0.15, 0.2) is 46.7 Å². The number of hydrogen-bond acceptors (Lipinski definition) is 4. The number of carbonyl (C=O) groups is 2. The third kappa shape index (κ3) is 6.31. The smallest absolute Gasteiger partial charge is 0.257 e. The normalized spacial score (nSPS) is 11.6. The van der Waals surface area contributed by atoms with E-state index in [2.05, 4.69) is 38.5 Å². The van der Waals surface area contributed by atoms with Crippen molar-refractivity contribution < 1.29 is 9.59 Å². The fourth-order valence-corrected chi connectivity index (χ4v) is 2.69. The van der Waals surface area contributed by atoms with Gasteiger partial charge in [0.1, 0.15) is 5.82 Å². The molecule has 0 fully saturated rings. The molecule has 0 bridgehead atoms. The van der Waals surface area contributed by atoms with Crippen LogP contribution < -0.4 is 16.0 Å². The van der Waals surface area contributed by atoms with E-state index in [4.69, 9.17) is 0 Å². The van der Waals surface area contributed by atoms with Crippen LogP contribution in [0.3, 0.4) is 0 Å². The Kier molecular flexibility index (Phi) is 9.09. The molecule has 0 unspecified atom stereocenters. The average molecular weight is 423 g/mol. The summed E-state index contributed by atoms with van der Waals surface area (Å²) in [5.74, 6) is -0.159. The largest absolute Gasteiger partial charge is 0.374 e. The molecule has 1 aromatic rings. The van der Waals surface area contributed by atoms with Crippen LogP contribution in [0.25, 0.3) is 0 Å². The van der Waals surface area contributed by atoms with E-state index < -0.39 is 0 Å². The SMILES string of the molecule is C=C(C(=O)NCCN(C)C)/C(Br)=C(\NC)NC(=O)c1ccccc1CC. The van der Waals surface area contributed by atoms with Crippen molar-refractivity contribution in [3.63, 3.8) is 0 Å². The molecule has 3 N–H and O–H groups in total. The van der Waals surface area contributed by atoms with Gasteiger partial charge >= 0.3 is 0 Å². The first kappa shape index (κ1) is 21.9. The van der Waals surface area contributed by atoms with E-state index >= 15 is 0 Å². The third-order valence-electron chi connectivity index (χ3n) is 3.73. The van der Waals surface area contributed by atoms with E-state index in [0.717, 1.165) is 18.5 Å². The zero-order valence-corrected chi connectivity index (χ0v) is 17.4. The molecule has 0 radical (unpaired) electrons. The lowest BCUT2D eigenvalue weighted by Crippen LogP contribution is -2.34. The number of hydrogen-bond donors (Lipinski definition) is 3. The highest BCUT2D eigenvalue weighted by Gasteiger charge is 2.17. The number of benzene rings is 1. The summed E-state index contributed by atoms with van der Waals surface area (Å²) in [6, 6.07) is 7.42. The van der Waals surface area contributed by atoms with Crippen molar-refractivity contribution >= 4 is 27.7 Å². The Morgan fingerprint density at radius 2 is 1.88 bits per heavy atom. The summed E-state index contributed by atoms with van der Waals surface area (Å²) in [4.78, 5) is 26.8. The van der Waals surface area contributed by atoms with Gasteiger partial charge in [-0.3, -0.25) is 9.59 Å². The summed E-state index contributed by atoms with van der Waals surface area (Å²) in [6.45, 7) is 7.05. The van der Waals surface area contributed by atoms with E-state index in [0.29, 0.717) is 22.4 Å². The molecule has 7 heteroatoms. The molecule has 0 spiro atoms. The topological polar surface area (TPSA) is 73.5 Å². The summed E-state index contributed by atoms with van der Waals surface area (Å²) in [5.41, 5.74) is 1.79. The van der Waals surface area contributed by atoms with Gasteiger partial charge in [-0.15, -0.1) is 0 Å². The van der Waals surface area contributed by atoms with Crippen LogP contribution in [0, 0.1) is 0 Å².